The number of ether oxygens (including phenoxy) is 1. The van der Waals surface area contributed by atoms with Gasteiger partial charge < -0.3 is 9.84 Å². The zero-order valence-corrected chi connectivity index (χ0v) is 13.2. The van der Waals surface area contributed by atoms with Crippen molar-refractivity contribution in [3.8, 4) is 5.75 Å². The fraction of sp³-hybridized carbons (Fsp3) is 0.647. The van der Waals surface area contributed by atoms with E-state index in [0.717, 1.165) is 46.9 Å². The van der Waals surface area contributed by atoms with Crippen LogP contribution in [0.4, 0.5) is 0 Å². The molecule has 3 atom stereocenters. The Morgan fingerprint density at radius 2 is 2.00 bits per heavy atom. The van der Waals surface area contributed by atoms with E-state index in [4.69, 9.17) is 4.74 Å². The number of fused-ring (bicyclic) bond motifs is 1. The number of halogens is 1. The third kappa shape index (κ3) is 2.29. The van der Waals surface area contributed by atoms with E-state index in [1.807, 2.05) is 18.2 Å². The first-order valence-corrected chi connectivity index (χ1v) is 8.61. The van der Waals surface area contributed by atoms with E-state index < -0.39 is 0 Å². The van der Waals surface area contributed by atoms with Crippen LogP contribution in [0.1, 0.15) is 56.6 Å². The molecule has 1 heterocycles. The van der Waals surface area contributed by atoms with E-state index >= 15 is 0 Å². The van der Waals surface area contributed by atoms with Crippen LogP contribution in [0.15, 0.2) is 22.7 Å². The minimum Gasteiger partial charge on any atom is -0.487 e. The summed E-state index contributed by atoms with van der Waals surface area (Å²) in [6.45, 7) is 0. The molecule has 1 N–H and O–H groups in total. The van der Waals surface area contributed by atoms with Crippen LogP contribution in [0.3, 0.4) is 0 Å². The molecule has 1 spiro atoms. The molecule has 0 aromatic heterocycles. The summed E-state index contributed by atoms with van der Waals surface area (Å²) >= 11 is 3.48. The molecule has 1 aromatic carbocycles. The van der Waals surface area contributed by atoms with Crippen LogP contribution in [0.5, 0.6) is 5.75 Å². The second-order valence-corrected chi connectivity index (χ2v) is 7.80. The number of hydrogen-bond donors (Lipinski definition) is 1. The molecule has 3 heteroatoms. The van der Waals surface area contributed by atoms with Crippen LogP contribution < -0.4 is 4.74 Å². The molecule has 3 aliphatic rings. The van der Waals surface area contributed by atoms with Crippen molar-refractivity contribution in [1.82, 2.24) is 0 Å². The zero-order valence-electron chi connectivity index (χ0n) is 11.6. The van der Waals surface area contributed by atoms with Crippen molar-refractivity contribution < 1.29 is 9.84 Å². The van der Waals surface area contributed by atoms with Crippen molar-refractivity contribution in [3.63, 3.8) is 0 Å². The Bertz CT molecular complexity index is 526. The summed E-state index contributed by atoms with van der Waals surface area (Å²) in [4.78, 5) is 0. The van der Waals surface area contributed by atoms with Crippen LogP contribution in [0.25, 0.3) is 0 Å². The van der Waals surface area contributed by atoms with Crippen LogP contribution in [0, 0.1) is 11.8 Å². The summed E-state index contributed by atoms with van der Waals surface area (Å²) in [5, 5.41) is 10.5. The van der Waals surface area contributed by atoms with Crippen molar-refractivity contribution in [2.45, 2.75) is 56.7 Å². The highest BCUT2D eigenvalue weighted by molar-refractivity contribution is 9.10. The lowest BCUT2D eigenvalue weighted by Gasteiger charge is -2.45. The van der Waals surface area contributed by atoms with E-state index in [2.05, 4.69) is 15.9 Å². The minimum atomic E-state index is -0.380. The Morgan fingerprint density at radius 3 is 2.80 bits per heavy atom. The number of hydrogen-bond acceptors (Lipinski definition) is 2. The first-order chi connectivity index (χ1) is 9.65. The molecule has 2 nitrogen and oxygen atoms in total. The Balaban J connectivity index is 1.62. The first-order valence-electron chi connectivity index (χ1n) is 7.82. The van der Waals surface area contributed by atoms with Gasteiger partial charge in [0, 0.05) is 16.5 Å². The van der Waals surface area contributed by atoms with Gasteiger partial charge in [-0.15, -0.1) is 0 Å². The second-order valence-electron chi connectivity index (χ2n) is 6.88. The van der Waals surface area contributed by atoms with Crippen LogP contribution in [0.2, 0.25) is 0 Å². The molecule has 2 fully saturated rings. The van der Waals surface area contributed by atoms with Crippen molar-refractivity contribution in [3.05, 3.63) is 28.2 Å². The molecule has 2 aliphatic carbocycles. The molecule has 20 heavy (non-hydrogen) atoms. The largest absolute Gasteiger partial charge is 0.487 e. The normalized spacial score (nSPS) is 36.5. The third-order valence-corrected chi connectivity index (χ3v) is 5.85. The van der Waals surface area contributed by atoms with Crippen molar-refractivity contribution in [1.29, 1.82) is 0 Å². The molecular formula is C17H21BrO2. The van der Waals surface area contributed by atoms with Gasteiger partial charge in [-0.25, -0.2) is 0 Å². The van der Waals surface area contributed by atoms with Crippen LogP contribution in [-0.2, 0) is 0 Å². The van der Waals surface area contributed by atoms with E-state index in [1.165, 1.54) is 25.7 Å². The maximum Gasteiger partial charge on any atom is 0.126 e. The standard InChI is InChI=1S/C17H21BrO2/c18-13-5-6-16-14(8-13)15(19)10-17(20-16)7-1-2-12(9-17)11-3-4-11/h5-6,8,11-12,15,19H,1-4,7,9-10H2/t12?,15-,17?/m1/s1. The van der Waals surface area contributed by atoms with Crippen molar-refractivity contribution >= 4 is 15.9 Å². The zero-order chi connectivity index (χ0) is 13.7. The molecule has 1 aromatic rings. The van der Waals surface area contributed by atoms with Gasteiger partial charge in [0.15, 0.2) is 0 Å². The van der Waals surface area contributed by atoms with E-state index in [-0.39, 0.29) is 11.7 Å². The maximum atomic E-state index is 10.5. The smallest absolute Gasteiger partial charge is 0.126 e. The Kier molecular flexibility index (Phi) is 3.11. The maximum absolute atomic E-state index is 10.5. The van der Waals surface area contributed by atoms with Gasteiger partial charge in [-0.05, 0) is 68.6 Å². The van der Waals surface area contributed by atoms with Gasteiger partial charge in [-0.1, -0.05) is 15.9 Å². The molecule has 108 valence electrons. The summed E-state index contributed by atoms with van der Waals surface area (Å²) in [5.41, 5.74) is 0.838. The number of aliphatic hydroxyl groups excluding tert-OH is 1. The monoisotopic (exact) mass is 336 g/mol. The molecule has 0 bridgehead atoms. The first kappa shape index (κ1) is 13.1. The Morgan fingerprint density at radius 1 is 1.15 bits per heavy atom. The molecular weight excluding hydrogens is 316 g/mol. The van der Waals surface area contributed by atoms with Crippen LogP contribution in [-0.4, -0.2) is 10.7 Å². The Labute approximate surface area is 128 Å². The summed E-state index contributed by atoms with van der Waals surface area (Å²) in [5.74, 6) is 2.66. The lowest BCUT2D eigenvalue weighted by molar-refractivity contribution is -0.0544. The highest BCUT2D eigenvalue weighted by atomic mass is 79.9. The lowest BCUT2D eigenvalue weighted by atomic mass is 9.72. The number of rotatable bonds is 1. The minimum absolute atomic E-state index is 0.105. The van der Waals surface area contributed by atoms with Crippen molar-refractivity contribution in [2.75, 3.05) is 0 Å². The highest BCUT2D eigenvalue weighted by Gasteiger charge is 2.47. The fourth-order valence-electron chi connectivity index (χ4n) is 4.23. The predicted octanol–water partition coefficient (Wildman–Crippen LogP) is 4.60. The predicted molar refractivity (Wildman–Crippen MR) is 81.8 cm³/mol. The summed E-state index contributed by atoms with van der Waals surface area (Å²) < 4.78 is 7.42. The van der Waals surface area contributed by atoms with Gasteiger partial charge in [0.2, 0.25) is 0 Å². The molecule has 2 saturated carbocycles. The second kappa shape index (κ2) is 4.74. The molecule has 4 rings (SSSR count). The van der Waals surface area contributed by atoms with Gasteiger partial charge in [0.05, 0.1) is 6.10 Å². The quantitative estimate of drug-likeness (QED) is 0.811. The summed E-state index contributed by atoms with van der Waals surface area (Å²) in [7, 11) is 0. The summed E-state index contributed by atoms with van der Waals surface area (Å²) in [6.07, 6.45) is 8.06. The molecule has 0 amide bonds. The van der Waals surface area contributed by atoms with Crippen molar-refractivity contribution in [2.24, 2.45) is 11.8 Å². The molecule has 2 unspecified atom stereocenters. The van der Waals surface area contributed by atoms with Gasteiger partial charge in [0.25, 0.3) is 0 Å². The SMILES string of the molecule is O[C@@H]1CC2(CCCC(C3CC3)C2)Oc2ccc(Br)cc21. The van der Waals surface area contributed by atoms with E-state index in [9.17, 15) is 5.11 Å². The van der Waals surface area contributed by atoms with E-state index in [1.54, 1.807) is 0 Å². The summed E-state index contributed by atoms with van der Waals surface area (Å²) in [6, 6.07) is 6.00. The van der Waals surface area contributed by atoms with Gasteiger partial charge in [0.1, 0.15) is 11.4 Å². The topological polar surface area (TPSA) is 29.5 Å². The highest BCUT2D eigenvalue weighted by Crippen LogP contribution is 2.52. The fourth-order valence-corrected chi connectivity index (χ4v) is 4.61. The molecule has 0 radical (unpaired) electrons. The number of benzene rings is 1. The average Bonchev–Trinajstić information content (AvgIpc) is 3.24. The Hall–Kier alpha value is -0.540. The average molecular weight is 337 g/mol. The van der Waals surface area contributed by atoms with Gasteiger partial charge >= 0.3 is 0 Å². The van der Waals surface area contributed by atoms with Gasteiger partial charge in [-0.3, -0.25) is 0 Å². The lowest BCUT2D eigenvalue weighted by Crippen LogP contribution is -2.45. The molecule has 1 aliphatic heterocycles. The van der Waals surface area contributed by atoms with Gasteiger partial charge in [-0.2, -0.15) is 0 Å². The molecule has 0 saturated heterocycles. The third-order valence-electron chi connectivity index (χ3n) is 5.35. The van der Waals surface area contributed by atoms with Crippen LogP contribution >= 0.6 is 15.9 Å². The van der Waals surface area contributed by atoms with E-state index in [0.29, 0.717) is 0 Å². The number of aliphatic hydroxyl groups is 1.